The smallest absolute Gasteiger partial charge is 0.266 e. The standard InChI is InChI=1S/C35H30N4O4/c1-41-30-19-18-26(20-31(30)42-2)22-37-43-24-32(40)38-35-29(21-36)33(27-14-8-4-9-15-27)34(28-16-10-5-11-17-28)39(35)23-25-12-6-3-7-13-25/h3-20,22H,23-24H2,1-2H3,(H,38,40)/b37-22+. The Balaban J connectivity index is 1.49. The van der Waals surface area contributed by atoms with Crippen molar-refractivity contribution in [2.45, 2.75) is 6.54 Å². The van der Waals surface area contributed by atoms with Crippen molar-refractivity contribution < 1.29 is 19.1 Å². The lowest BCUT2D eigenvalue weighted by molar-refractivity contribution is -0.120. The summed E-state index contributed by atoms with van der Waals surface area (Å²) in [7, 11) is 3.11. The number of nitrogens with one attached hydrogen (secondary N) is 1. The SMILES string of the molecule is COc1ccc(/C=N/OCC(=O)Nc2c(C#N)c(-c3ccccc3)c(-c3ccccc3)n2Cc2ccccc2)cc1OC. The first-order chi connectivity index (χ1) is 21.1. The van der Waals surface area contributed by atoms with Crippen molar-refractivity contribution in [1.82, 2.24) is 4.57 Å². The van der Waals surface area contributed by atoms with Gasteiger partial charge in [-0.05, 0) is 34.9 Å². The molecule has 0 atom stereocenters. The molecule has 0 saturated heterocycles. The van der Waals surface area contributed by atoms with Gasteiger partial charge in [-0.15, -0.1) is 0 Å². The summed E-state index contributed by atoms with van der Waals surface area (Å²) in [6.07, 6.45) is 1.48. The minimum absolute atomic E-state index is 0.355. The van der Waals surface area contributed by atoms with Crippen LogP contribution in [0.25, 0.3) is 22.4 Å². The van der Waals surface area contributed by atoms with E-state index in [9.17, 15) is 10.1 Å². The Morgan fingerprint density at radius 2 is 1.49 bits per heavy atom. The van der Waals surface area contributed by atoms with E-state index in [2.05, 4.69) is 16.5 Å². The van der Waals surface area contributed by atoms with Gasteiger partial charge in [0.25, 0.3) is 5.91 Å². The highest BCUT2D eigenvalue weighted by atomic mass is 16.6. The van der Waals surface area contributed by atoms with Gasteiger partial charge in [-0.1, -0.05) is 96.2 Å². The van der Waals surface area contributed by atoms with Crippen molar-refractivity contribution in [2.24, 2.45) is 5.16 Å². The molecule has 1 N–H and O–H groups in total. The fourth-order valence-electron chi connectivity index (χ4n) is 4.86. The zero-order chi connectivity index (χ0) is 30.0. The molecule has 214 valence electrons. The molecule has 5 rings (SSSR count). The molecular formula is C35H30N4O4. The maximum absolute atomic E-state index is 13.2. The summed E-state index contributed by atoms with van der Waals surface area (Å²) < 4.78 is 12.6. The van der Waals surface area contributed by atoms with Crippen LogP contribution in [0.2, 0.25) is 0 Å². The van der Waals surface area contributed by atoms with Gasteiger partial charge in [-0.25, -0.2) is 0 Å². The second kappa shape index (κ2) is 13.7. The quantitative estimate of drug-likeness (QED) is 0.140. The van der Waals surface area contributed by atoms with Gasteiger partial charge in [0.2, 0.25) is 0 Å². The highest BCUT2D eigenvalue weighted by Crippen LogP contribution is 2.42. The maximum atomic E-state index is 13.2. The molecular weight excluding hydrogens is 540 g/mol. The molecule has 0 bridgehead atoms. The summed E-state index contributed by atoms with van der Waals surface area (Å²) in [5.41, 5.74) is 5.46. The molecule has 5 aromatic rings. The minimum Gasteiger partial charge on any atom is -0.493 e. The molecule has 0 aliphatic carbocycles. The van der Waals surface area contributed by atoms with E-state index in [4.69, 9.17) is 14.3 Å². The third-order valence-corrected chi connectivity index (χ3v) is 6.81. The number of carbonyl (C=O) groups is 1. The largest absolute Gasteiger partial charge is 0.493 e. The average Bonchev–Trinajstić information content (AvgIpc) is 3.36. The van der Waals surface area contributed by atoms with E-state index < -0.39 is 5.91 Å². The Bertz CT molecular complexity index is 1760. The molecule has 1 heterocycles. The summed E-state index contributed by atoms with van der Waals surface area (Å²) in [6.45, 7) is 0.0764. The average molecular weight is 571 g/mol. The molecule has 8 nitrogen and oxygen atoms in total. The molecule has 0 radical (unpaired) electrons. The second-order valence-electron chi connectivity index (χ2n) is 9.53. The number of rotatable bonds is 11. The Kier molecular flexibility index (Phi) is 9.15. The Morgan fingerprint density at radius 3 is 2.12 bits per heavy atom. The minimum atomic E-state index is -0.452. The molecule has 1 amide bonds. The van der Waals surface area contributed by atoms with Crippen molar-refractivity contribution in [3.63, 3.8) is 0 Å². The van der Waals surface area contributed by atoms with Crippen LogP contribution in [0.4, 0.5) is 5.82 Å². The van der Waals surface area contributed by atoms with E-state index in [0.29, 0.717) is 35.0 Å². The lowest BCUT2D eigenvalue weighted by Crippen LogP contribution is -2.20. The Hall–Kier alpha value is -5.81. The number of methoxy groups -OCH3 is 2. The Labute approximate surface area is 250 Å². The first-order valence-corrected chi connectivity index (χ1v) is 13.6. The van der Waals surface area contributed by atoms with Crippen LogP contribution in [0.3, 0.4) is 0 Å². The lowest BCUT2D eigenvalue weighted by Gasteiger charge is -2.15. The number of nitriles is 1. The van der Waals surface area contributed by atoms with E-state index in [1.165, 1.54) is 6.21 Å². The first kappa shape index (κ1) is 28.7. The summed E-state index contributed by atoms with van der Waals surface area (Å²) >= 11 is 0. The molecule has 0 spiro atoms. The molecule has 0 aliphatic heterocycles. The van der Waals surface area contributed by atoms with Crippen LogP contribution in [-0.4, -0.2) is 37.5 Å². The summed E-state index contributed by atoms with van der Waals surface area (Å²) in [5.74, 6) is 1.08. The number of carbonyl (C=O) groups excluding carboxylic acids is 1. The van der Waals surface area contributed by atoms with Gasteiger partial charge in [0.05, 0.1) is 26.1 Å². The monoisotopic (exact) mass is 570 g/mol. The number of benzene rings is 4. The molecule has 1 aromatic heterocycles. The second-order valence-corrected chi connectivity index (χ2v) is 9.53. The number of hydrogen-bond donors (Lipinski definition) is 1. The van der Waals surface area contributed by atoms with Crippen LogP contribution in [0.15, 0.2) is 114 Å². The predicted molar refractivity (Wildman–Crippen MR) is 167 cm³/mol. The van der Waals surface area contributed by atoms with Crippen LogP contribution in [0.5, 0.6) is 11.5 Å². The van der Waals surface area contributed by atoms with Crippen molar-refractivity contribution in [1.29, 1.82) is 5.26 Å². The van der Waals surface area contributed by atoms with Gasteiger partial charge in [0.1, 0.15) is 17.5 Å². The third-order valence-electron chi connectivity index (χ3n) is 6.81. The normalized spacial score (nSPS) is 10.7. The zero-order valence-electron chi connectivity index (χ0n) is 23.9. The van der Waals surface area contributed by atoms with E-state index in [1.807, 2.05) is 95.6 Å². The summed E-state index contributed by atoms with van der Waals surface area (Å²) in [5, 5.41) is 17.4. The molecule has 0 aliphatic rings. The summed E-state index contributed by atoms with van der Waals surface area (Å²) in [6, 6.07) is 37.2. The van der Waals surface area contributed by atoms with Gasteiger partial charge in [-0.2, -0.15) is 5.26 Å². The molecule has 0 fully saturated rings. The van der Waals surface area contributed by atoms with Crippen molar-refractivity contribution >= 4 is 17.9 Å². The molecule has 4 aromatic carbocycles. The van der Waals surface area contributed by atoms with E-state index >= 15 is 0 Å². The van der Waals surface area contributed by atoms with Crippen LogP contribution in [0, 0.1) is 11.3 Å². The third kappa shape index (κ3) is 6.58. The summed E-state index contributed by atoms with van der Waals surface area (Å²) in [4.78, 5) is 18.5. The number of hydrogen-bond acceptors (Lipinski definition) is 6. The highest BCUT2D eigenvalue weighted by Gasteiger charge is 2.26. The van der Waals surface area contributed by atoms with Crippen LogP contribution < -0.4 is 14.8 Å². The van der Waals surface area contributed by atoms with Gasteiger partial charge < -0.3 is 24.2 Å². The molecule has 43 heavy (non-hydrogen) atoms. The van der Waals surface area contributed by atoms with Gasteiger partial charge >= 0.3 is 0 Å². The first-order valence-electron chi connectivity index (χ1n) is 13.6. The van der Waals surface area contributed by atoms with Crippen molar-refractivity contribution in [3.05, 3.63) is 126 Å². The van der Waals surface area contributed by atoms with E-state index in [-0.39, 0.29) is 6.61 Å². The topological polar surface area (TPSA) is 97.9 Å². The maximum Gasteiger partial charge on any atom is 0.266 e. The fraction of sp³-hybridized carbons (Fsp3) is 0.114. The van der Waals surface area contributed by atoms with Gasteiger partial charge in [0.15, 0.2) is 18.1 Å². The van der Waals surface area contributed by atoms with Crippen LogP contribution >= 0.6 is 0 Å². The number of nitrogens with zero attached hydrogens (tertiary/aromatic N) is 3. The number of anilines is 1. The van der Waals surface area contributed by atoms with Crippen molar-refractivity contribution in [2.75, 3.05) is 26.1 Å². The molecule has 0 unspecified atom stereocenters. The van der Waals surface area contributed by atoms with Crippen LogP contribution in [0.1, 0.15) is 16.7 Å². The van der Waals surface area contributed by atoms with Crippen LogP contribution in [-0.2, 0) is 16.2 Å². The zero-order valence-corrected chi connectivity index (χ0v) is 23.9. The van der Waals surface area contributed by atoms with E-state index in [1.54, 1.807) is 32.4 Å². The van der Waals surface area contributed by atoms with Gasteiger partial charge in [-0.3, -0.25) is 4.79 Å². The predicted octanol–water partition coefficient (Wildman–Crippen LogP) is 6.75. The molecule has 8 heteroatoms. The van der Waals surface area contributed by atoms with Crippen molar-refractivity contribution in [3.8, 4) is 40.0 Å². The number of oxime groups is 1. The van der Waals surface area contributed by atoms with Gasteiger partial charge in [0, 0.05) is 17.7 Å². The van der Waals surface area contributed by atoms with E-state index in [0.717, 1.165) is 27.9 Å². The fourth-order valence-corrected chi connectivity index (χ4v) is 4.86. The lowest BCUT2D eigenvalue weighted by atomic mass is 9.98. The number of ether oxygens (including phenoxy) is 2. The number of amides is 1. The molecule has 0 saturated carbocycles. The highest BCUT2D eigenvalue weighted by molar-refractivity contribution is 5.98. The Morgan fingerprint density at radius 1 is 0.860 bits per heavy atom. The number of aromatic nitrogens is 1.